The molecule has 2 aromatic rings. The molecule has 9 nitrogen and oxygen atoms in total. The number of nitrogens with zero attached hydrogens (tertiary/aromatic N) is 2. The van der Waals surface area contributed by atoms with E-state index in [9.17, 15) is 14.4 Å². The number of rotatable bonds is 4. The van der Waals surface area contributed by atoms with Crippen LogP contribution in [0.25, 0.3) is 11.0 Å². The number of thiol groups is 2. The van der Waals surface area contributed by atoms with Crippen LogP contribution in [0.1, 0.15) is 13.8 Å². The van der Waals surface area contributed by atoms with Gasteiger partial charge in [-0.2, -0.15) is 30.4 Å². The van der Waals surface area contributed by atoms with Gasteiger partial charge in [-0.1, -0.05) is 0 Å². The predicted molar refractivity (Wildman–Crippen MR) is 91.0 cm³/mol. The van der Waals surface area contributed by atoms with E-state index in [1.807, 2.05) is 0 Å². The average molecular weight is 359 g/mol. The van der Waals surface area contributed by atoms with Crippen molar-refractivity contribution in [1.29, 1.82) is 0 Å². The van der Waals surface area contributed by atoms with Crippen LogP contribution in [-0.2, 0) is 9.59 Å². The summed E-state index contributed by atoms with van der Waals surface area (Å²) >= 11 is 7.81. The summed E-state index contributed by atoms with van der Waals surface area (Å²) in [5, 5.41) is 17.6. The highest BCUT2D eigenvalue weighted by molar-refractivity contribution is 7.82. The van der Waals surface area contributed by atoms with Crippen molar-refractivity contribution in [3.8, 4) is 0 Å². The van der Waals surface area contributed by atoms with Gasteiger partial charge in [-0.05, 0) is 13.8 Å². The van der Waals surface area contributed by atoms with Gasteiger partial charge in [0.1, 0.15) is 11.4 Å². The van der Waals surface area contributed by atoms with Gasteiger partial charge in [0.2, 0.25) is 5.91 Å². The van der Waals surface area contributed by atoms with Gasteiger partial charge in [-0.25, -0.2) is 9.78 Å². The van der Waals surface area contributed by atoms with Crippen molar-refractivity contribution in [3.05, 3.63) is 22.9 Å². The standard InChI is InChI=1S/C7H13NO3S2.C5H4N4O/c1-7(2,13)6(11)8-4(3-12)5(9)10;10-5-3-1-8-9-4(3)6-2-7-5/h4,12-13H,3H2,1-2H3,(H,8,11)(H,9,10);1-2H,(H2,6,7,8,9,10)/t4-;/m0./s1. The summed E-state index contributed by atoms with van der Waals surface area (Å²) in [4.78, 5) is 38.9. The van der Waals surface area contributed by atoms with E-state index < -0.39 is 22.7 Å². The number of carboxylic acids is 1. The van der Waals surface area contributed by atoms with Crippen molar-refractivity contribution < 1.29 is 14.7 Å². The van der Waals surface area contributed by atoms with E-state index in [-0.39, 0.29) is 11.3 Å². The zero-order valence-corrected chi connectivity index (χ0v) is 14.2. The molecule has 0 aromatic carbocycles. The number of hydrogen-bond acceptors (Lipinski definition) is 7. The molecule has 23 heavy (non-hydrogen) atoms. The van der Waals surface area contributed by atoms with Gasteiger partial charge < -0.3 is 15.4 Å². The lowest BCUT2D eigenvalue weighted by atomic mass is 10.2. The maximum atomic E-state index is 11.3. The van der Waals surface area contributed by atoms with Crippen molar-refractivity contribution in [3.63, 3.8) is 0 Å². The molecule has 0 aliphatic heterocycles. The third-order valence-corrected chi connectivity index (χ3v) is 3.16. The summed E-state index contributed by atoms with van der Waals surface area (Å²) in [7, 11) is 0. The van der Waals surface area contributed by atoms with Gasteiger partial charge in [-0.15, -0.1) is 0 Å². The van der Waals surface area contributed by atoms with Gasteiger partial charge in [-0.3, -0.25) is 14.7 Å². The van der Waals surface area contributed by atoms with Crippen LogP contribution in [-0.4, -0.2) is 53.7 Å². The Balaban J connectivity index is 0.000000235. The molecule has 2 aromatic heterocycles. The molecule has 2 rings (SSSR count). The normalized spacial score (nSPS) is 12.2. The van der Waals surface area contributed by atoms with Crippen LogP contribution < -0.4 is 10.9 Å². The maximum Gasteiger partial charge on any atom is 0.327 e. The minimum atomic E-state index is -1.10. The van der Waals surface area contributed by atoms with Gasteiger partial charge >= 0.3 is 5.97 Å². The highest BCUT2D eigenvalue weighted by Crippen LogP contribution is 2.11. The number of aromatic nitrogens is 4. The molecule has 2 heterocycles. The van der Waals surface area contributed by atoms with Crippen molar-refractivity contribution in [2.45, 2.75) is 24.6 Å². The first kappa shape index (κ1) is 19.0. The number of nitrogens with one attached hydrogen (secondary N) is 3. The largest absolute Gasteiger partial charge is 0.480 e. The van der Waals surface area contributed by atoms with Crippen LogP contribution in [0, 0.1) is 0 Å². The Bertz CT molecular complexity index is 737. The molecule has 0 aliphatic rings. The Morgan fingerprint density at radius 1 is 1.48 bits per heavy atom. The van der Waals surface area contributed by atoms with E-state index in [2.05, 4.69) is 50.7 Å². The van der Waals surface area contributed by atoms with Crippen molar-refractivity contribution in [1.82, 2.24) is 25.5 Å². The third-order valence-electron chi connectivity index (χ3n) is 2.59. The van der Waals surface area contributed by atoms with Gasteiger partial charge in [0.05, 0.1) is 17.3 Å². The topological polar surface area (TPSA) is 141 Å². The summed E-state index contributed by atoms with van der Waals surface area (Å²) in [5.74, 6) is -1.46. The van der Waals surface area contributed by atoms with Crippen molar-refractivity contribution in [2.24, 2.45) is 0 Å². The van der Waals surface area contributed by atoms with E-state index in [0.717, 1.165) is 0 Å². The Morgan fingerprint density at radius 3 is 2.61 bits per heavy atom. The van der Waals surface area contributed by atoms with Crippen LogP contribution in [0.4, 0.5) is 0 Å². The van der Waals surface area contributed by atoms with E-state index in [1.165, 1.54) is 12.5 Å². The second-order valence-electron chi connectivity index (χ2n) is 4.97. The number of carboxylic acid groups (broad SMARTS) is 1. The molecule has 0 bridgehead atoms. The second kappa shape index (κ2) is 8.02. The van der Waals surface area contributed by atoms with Gasteiger partial charge in [0, 0.05) is 5.75 Å². The molecule has 1 atom stereocenters. The number of H-pyrrole nitrogens is 2. The Kier molecular flexibility index (Phi) is 6.63. The van der Waals surface area contributed by atoms with Crippen LogP contribution in [0.2, 0.25) is 0 Å². The zero-order valence-electron chi connectivity index (χ0n) is 12.4. The van der Waals surface area contributed by atoms with E-state index in [1.54, 1.807) is 13.8 Å². The summed E-state index contributed by atoms with van der Waals surface area (Å²) in [6.07, 6.45) is 2.78. The monoisotopic (exact) mass is 359 g/mol. The van der Waals surface area contributed by atoms with Crippen LogP contribution >= 0.6 is 25.3 Å². The fraction of sp³-hybridized carbons (Fsp3) is 0.417. The van der Waals surface area contributed by atoms with E-state index in [0.29, 0.717) is 11.0 Å². The SMILES string of the molecule is CC(C)(S)C(=O)N[C@@H](CS)C(=O)O.O=c1[nH]cnc2[nH]ncc12. The summed E-state index contributed by atoms with van der Waals surface area (Å²) in [6.45, 7) is 3.17. The molecule has 4 N–H and O–H groups in total. The molecular weight excluding hydrogens is 342 g/mol. The number of aliphatic carboxylic acids is 1. The molecule has 0 saturated heterocycles. The van der Waals surface area contributed by atoms with Gasteiger partial charge in [0.25, 0.3) is 5.56 Å². The molecule has 0 radical (unpaired) electrons. The lowest BCUT2D eigenvalue weighted by Crippen LogP contribution is -2.48. The number of hydrogen-bond donors (Lipinski definition) is 6. The van der Waals surface area contributed by atoms with E-state index >= 15 is 0 Å². The number of amides is 1. The van der Waals surface area contributed by atoms with Gasteiger partial charge in [0.15, 0.2) is 5.65 Å². The minimum absolute atomic E-state index is 0.0604. The number of fused-ring (bicyclic) bond motifs is 1. The molecule has 1 amide bonds. The zero-order chi connectivity index (χ0) is 17.6. The first-order valence-electron chi connectivity index (χ1n) is 6.40. The molecule has 0 spiro atoms. The first-order chi connectivity index (χ1) is 10.7. The highest BCUT2D eigenvalue weighted by Gasteiger charge is 2.27. The Morgan fingerprint density at radius 2 is 2.13 bits per heavy atom. The average Bonchev–Trinajstić information content (AvgIpc) is 2.93. The Hall–Kier alpha value is -2.01. The molecule has 126 valence electrons. The van der Waals surface area contributed by atoms with Crippen LogP contribution in [0.3, 0.4) is 0 Å². The lowest BCUT2D eigenvalue weighted by molar-refractivity contribution is -0.141. The summed E-state index contributed by atoms with van der Waals surface area (Å²) in [6, 6.07) is -0.956. The number of aromatic amines is 2. The minimum Gasteiger partial charge on any atom is -0.480 e. The second-order valence-corrected chi connectivity index (χ2v) is 6.45. The Labute approximate surface area is 142 Å². The molecule has 0 unspecified atom stereocenters. The molecular formula is C12H17N5O4S2. The fourth-order valence-corrected chi connectivity index (χ4v) is 1.61. The molecule has 0 aliphatic carbocycles. The maximum absolute atomic E-state index is 11.3. The van der Waals surface area contributed by atoms with Crippen molar-refractivity contribution >= 4 is 48.2 Å². The van der Waals surface area contributed by atoms with E-state index in [4.69, 9.17) is 5.11 Å². The van der Waals surface area contributed by atoms with Crippen molar-refractivity contribution in [2.75, 3.05) is 5.75 Å². The number of carbonyl (C=O) groups excluding carboxylic acids is 1. The summed E-state index contributed by atoms with van der Waals surface area (Å²) in [5.41, 5.74) is 0.350. The summed E-state index contributed by atoms with van der Waals surface area (Å²) < 4.78 is -0.878. The van der Waals surface area contributed by atoms with Crippen LogP contribution in [0.5, 0.6) is 0 Å². The number of carbonyl (C=O) groups is 2. The molecule has 0 fully saturated rings. The highest BCUT2D eigenvalue weighted by atomic mass is 32.1. The smallest absolute Gasteiger partial charge is 0.327 e. The predicted octanol–water partition coefficient (Wildman–Crippen LogP) is -0.160. The first-order valence-corrected chi connectivity index (χ1v) is 7.48. The molecule has 11 heteroatoms. The van der Waals surface area contributed by atoms with Crippen LogP contribution in [0.15, 0.2) is 17.3 Å². The third kappa shape index (κ3) is 5.60. The molecule has 0 saturated carbocycles. The quantitative estimate of drug-likeness (QED) is 0.419. The fourth-order valence-electron chi connectivity index (χ4n) is 1.30. The lowest BCUT2D eigenvalue weighted by Gasteiger charge is -2.19.